The third-order valence-electron chi connectivity index (χ3n) is 2.27. The highest BCUT2D eigenvalue weighted by Crippen LogP contribution is 2.32. The summed E-state index contributed by atoms with van der Waals surface area (Å²) >= 11 is 0. The molecular weight excluding hydrogens is 232 g/mol. The summed E-state index contributed by atoms with van der Waals surface area (Å²) in [6.45, 7) is 0. The van der Waals surface area contributed by atoms with Crippen LogP contribution in [-0.4, -0.2) is 29.2 Å². The molecule has 0 aliphatic heterocycles. The van der Waals surface area contributed by atoms with Gasteiger partial charge in [0.15, 0.2) is 5.75 Å². The molecule has 0 atom stereocenters. The summed E-state index contributed by atoms with van der Waals surface area (Å²) in [7, 11) is 3.67. The summed E-state index contributed by atoms with van der Waals surface area (Å²) in [5.41, 5.74) is 5.88. The monoisotopic (exact) mass is 246 g/mol. The molecule has 18 heavy (non-hydrogen) atoms. The lowest BCUT2D eigenvalue weighted by molar-refractivity contribution is 0.449. The minimum Gasteiger partial charge on any atom is -0.506 e. The normalized spacial score (nSPS) is 10.1. The Morgan fingerprint density at radius 1 is 1.28 bits per heavy atom. The number of aromatic nitrogens is 2. The van der Waals surface area contributed by atoms with E-state index in [1.165, 1.54) is 6.07 Å². The Bertz CT molecular complexity index is 558. The first kappa shape index (κ1) is 12.0. The van der Waals surface area contributed by atoms with Crippen molar-refractivity contribution in [3.05, 3.63) is 30.5 Å². The van der Waals surface area contributed by atoms with E-state index in [-0.39, 0.29) is 11.4 Å². The molecule has 0 aliphatic carbocycles. The third-order valence-corrected chi connectivity index (χ3v) is 2.27. The number of ether oxygens (including phenoxy) is 1. The van der Waals surface area contributed by atoms with Crippen molar-refractivity contribution in [3.8, 4) is 17.4 Å². The first-order valence-electron chi connectivity index (χ1n) is 5.33. The van der Waals surface area contributed by atoms with Gasteiger partial charge in [-0.2, -0.15) is 4.98 Å². The van der Waals surface area contributed by atoms with Crippen molar-refractivity contribution >= 4 is 11.6 Å². The van der Waals surface area contributed by atoms with Gasteiger partial charge >= 0.3 is 0 Å². The topological polar surface area (TPSA) is 84.5 Å². The number of anilines is 2. The van der Waals surface area contributed by atoms with Gasteiger partial charge in [-0.05, 0) is 12.1 Å². The average molecular weight is 246 g/mol. The van der Waals surface area contributed by atoms with E-state index in [9.17, 15) is 5.11 Å². The number of phenols is 1. The summed E-state index contributed by atoms with van der Waals surface area (Å²) in [5.74, 6) is 1.24. The van der Waals surface area contributed by atoms with E-state index in [4.69, 9.17) is 10.5 Å². The van der Waals surface area contributed by atoms with Crippen LogP contribution >= 0.6 is 0 Å². The Balaban J connectivity index is 2.28. The Labute approximate surface area is 105 Å². The number of phenolic OH excluding ortho intramolecular Hbond substituents is 1. The number of hydrogen-bond donors (Lipinski definition) is 2. The minimum absolute atomic E-state index is 0.0191. The van der Waals surface area contributed by atoms with Crippen LogP contribution in [0.4, 0.5) is 11.6 Å². The SMILES string of the molecule is CN(C)c1nccc(Oc2cccc(O)c2N)n1. The molecule has 0 amide bonds. The van der Waals surface area contributed by atoms with Crippen molar-refractivity contribution in [2.75, 3.05) is 24.7 Å². The smallest absolute Gasteiger partial charge is 0.228 e. The molecule has 0 spiro atoms. The van der Waals surface area contributed by atoms with Gasteiger partial charge in [0.05, 0.1) is 0 Å². The average Bonchev–Trinajstić information content (AvgIpc) is 2.35. The number of nitrogens with two attached hydrogens (primary N) is 1. The van der Waals surface area contributed by atoms with E-state index in [2.05, 4.69) is 9.97 Å². The fourth-order valence-electron chi connectivity index (χ4n) is 1.34. The molecule has 0 unspecified atom stereocenters. The van der Waals surface area contributed by atoms with Gasteiger partial charge in [0.25, 0.3) is 0 Å². The van der Waals surface area contributed by atoms with Crippen molar-refractivity contribution in [3.63, 3.8) is 0 Å². The molecule has 1 aromatic heterocycles. The van der Waals surface area contributed by atoms with Crippen LogP contribution < -0.4 is 15.4 Å². The van der Waals surface area contributed by atoms with Crippen molar-refractivity contribution in [2.24, 2.45) is 0 Å². The Morgan fingerprint density at radius 2 is 2.06 bits per heavy atom. The van der Waals surface area contributed by atoms with E-state index in [0.29, 0.717) is 17.6 Å². The summed E-state index contributed by atoms with van der Waals surface area (Å²) in [4.78, 5) is 10.0. The molecule has 2 rings (SSSR count). The maximum Gasteiger partial charge on any atom is 0.228 e. The van der Waals surface area contributed by atoms with Gasteiger partial charge in [0, 0.05) is 26.4 Å². The number of rotatable bonds is 3. The Hall–Kier alpha value is -2.50. The van der Waals surface area contributed by atoms with E-state index in [1.54, 1.807) is 29.3 Å². The first-order valence-corrected chi connectivity index (χ1v) is 5.33. The second-order valence-electron chi connectivity index (χ2n) is 3.88. The van der Waals surface area contributed by atoms with Gasteiger partial charge < -0.3 is 20.5 Å². The Kier molecular flexibility index (Phi) is 3.18. The van der Waals surface area contributed by atoms with Gasteiger partial charge in [-0.25, -0.2) is 4.98 Å². The largest absolute Gasteiger partial charge is 0.506 e. The van der Waals surface area contributed by atoms with Crippen LogP contribution in [0.1, 0.15) is 0 Å². The van der Waals surface area contributed by atoms with Crippen LogP contribution in [-0.2, 0) is 0 Å². The van der Waals surface area contributed by atoms with E-state index in [1.807, 2.05) is 14.1 Å². The van der Waals surface area contributed by atoms with Crippen LogP contribution in [0.2, 0.25) is 0 Å². The van der Waals surface area contributed by atoms with Crippen LogP contribution in [0.5, 0.6) is 17.4 Å². The van der Waals surface area contributed by atoms with Crippen molar-refractivity contribution < 1.29 is 9.84 Å². The summed E-state index contributed by atoms with van der Waals surface area (Å²) in [6.07, 6.45) is 1.59. The highest BCUT2D eigenvalue weighted by atomic mass is 16.5. The van der Waals surface area contributed by atoms with Crippen LogP contribution in [0, 0.1) is 0 Å². The van der Waals surface area contributed by atoms with Gasteiger partial charge in [0.1, 0.15) is 11.4 Å². The summed E-state index contributed by atoms with van der Waals surface area (Å²) in [5, 5.41) is 9.47. The maximum atomic E-state index is 9.47. The lowest BCUT2D eigenvalue weighted by Crippen LogP contribution is -2.12. The van der Waals surface area contributed by atoms with Crippen molar-refractivity contribution in [1.82, 2.24) is 9.97 Å². The zero-order chi connectivity index (χ0) is 13.1. The molecule has 94 valence electrons. The number of nitrogens with zero attached hydrogens (tertiary/aromatic N) is 3. The molecule has 0 saturated heterocycles. The van der Waals surface area contributed by atoms with Crippen LogP contribution in [0.25, 0.3) is 0 Å². The summed E-state index contributed by atoms with van der Waals surface area (Å²) < 4.78 is 5.52. The number of para-hydroxylation sites is 1. The first-order chi connectivity index (χ1) is 8.58. The molecule has 0 fully saturated rings. The fourth-order valence-corrected chi connectivity index (χ4v) is 1.34. The van der Waals surface area contributed by atoms with Gasteiger partial charge in [-0.3, -0.25) is 0 Å². The van der Waals surface area contributed by atoms with E-state index < -0.39 is 0 Å². The predicted molar refractivity (Wildman–Crippen MR) is 69.0 cm³/mol. The third kappa shape index (κ3) is 2.42. The molecule has 1 heterocycles. The molecule has 6 heteroatoms. The molecule has 0 bridgehead atoms. The van der Waals surface area contributed by atoms with Gasteiger partial charge in [-0.15, -0.1) is 0 Å². The van der Waals surface area contributed by atoms with Gasteiger partial charge in [-0.1, -0.05) is 6.07 Å². The number of benzene rings is 1. The molecular formula is C12H14N4O2. The molecule has 6 nitrogen and oxygen atoms in total. The molecule has 2 aromatic rings. The standard InChI is InChI=1S/C12H14N4O2/c1-16(2)12-14-7-6-10(15-12)18-9-5-3-4-8(17)11(9)13/h3-7,17H,13H2,1-2H3. The highest BCUT2D eigenvalue weighted by molar-refractivity contribution is 5.62. The number of aromatic hydroxyl groups is 1. The highest BCUT2D eigenvalue weighted by Gasteiger charge is 2.08. The quantitative estimate of drug-likeness (QED) is 0.632. The zero-order valence-electron chi connectivity index (χ0n) is 10.2. The fraction of sp³-hybridized carbons (Fsp3) is 0.167. The second-order valence-corrected chi connectivity index (χ2v) is 3.88. The molecule has 0 saturated carbocycles. The van der Waals surface area contributed by atoms with Crippen LogP contribution in [0.15, 0.2) is 30.5 Å². The van der Waals surface area contributed by atoms with Crippen LogP contribution in [0.3, 0.4) is 0 Å². The molecule has 0 radical (unpaired) electrons. The lowest BCUT2D eigenvalue weighted by Gasteiger charge is -2.12. The molecule has 3 N–H and O–H groups in total. The van der Waals surface area contributed by atoms with E-state index >= 15 is 0 Å². The zero-order valence-corrected chi connectivity index (χ0v) is 10.2. The van der Waals surface area contributed by atoms with Gasteiger partial charge in [0.2, 0.25) is 11.8 Å². The number of hydrogen-bond acceptors (Lipinski definition) is 6. The lowest BCUT2D eigenvalue weighted by atomic mass is 10.3. The van der Waals surface area contributed by atoms with Crippen molar-refractivity contribution in [2.45, 2.75) is 0 Å². The number of nitrogen functional groups attached to an aromatic ring is 1. The second kappa shape index (κ2) is 4.79. The molecule has 1 aromatic carbocycles. The Morgan fingerprint density at radius 3 is 2.78 bits per heavy atom. The van der Waals surface area contributed by atoms with Crippen molar-refractivity contribution in [1.29, 1.82) is 0 Å². The predicted octanol–water partition coefficient (Wildman–Crippen LogP) is 1.62. The summed E-state index contributed by atoms with van der Waals surface area (Å²) in [6, 6.07) is 6.42. The van der Waals surface area contributed by atoms with E-state index in [0.717, 1.165) is 0 Å². The minimum atomic E-state index is -0.0191. The maximum absolute atomic E-state index is 9.47. The molecule has 0 aliphatic rings.